The molecular weight excluding hydrogens is 264 g/mol. The summed E-state index contributed by atoms with van der Waals surface area (Å²) in [6.45, 7) is 2.40. The molecule has 0 bridgehead atoms. The predicted octanol–water partition coefficient (Wildman–Crippen LogP) is 2.35. The normalized spacial score (nSPS) is 14.7. The van der Waals surface area contributed by atoms with Crippen LogP contribution < -0.4 is 5.56 Å². The van der Waals surface area contributed by atoms with Crippen molar-refractivity contribution in [1.29, 1.82) is 0 Å². The fraction of sp³-hybridized carbons (Fsp3) is 0.312. The molecule has 5 nitrogen and oxygen atoms in total. The second-order valence-corrected chi connectivity index (χ2v) is 5.68. The minimum atomic E-state index is -0.00410. The Hall–Kier alpha value is -2.43. The molecule has 0 amide bonds. The van der Waals surface area contributed by atoms with E-state index in [4.69, 9.17) is 0 Å². The Bertz CT molecular complexity index is 873. The third-order valence-electron chi connectivity index (χ3n) is 4.03. The molecule has 5 heteroatoms. The highest BCUT2D eigenvalue weighted by Gasteiger charge is 2.27. The molecule has 106 valence electrons. The number of nitrogens with one attached hydrogen (secondary N) is 1. The summed E-state index contributed by atoms with van der Waals surface area (Å²) in [5.74, 6) is 2.14. The number of hydrogen-bond donors (Lipinski definition) is 1. The Morgan fingerprint density at radius 2 is 2.14 bits per heavy atom. The highest BCUT2D eigenvalue weighted by molar-refractivity contribution is 5.82. The van der Waals surface area contributed by atoms with Crippen molar-refractivity contribution in [2.45, 2.75) is 32.2 Å². The van der Waals surface area contributed by atoms with Gasteiger partial charge in [0.2, 0.25) is 0 Å². The molecule has 4 rings (SSSR count). The molecule has 1 aliphatic rings. The summed E-state index contributed by atoms with van der Waals surface area (Å²) >= 11 is 0. The SMILES string of the molecule is Cc1cc(=O)n(Cc2nc(C3CC3)n[nH]2)c2ccccc12. The quantitative estimate of drug-likeness (QED) is 0.801. The molecule has 2 heterocycles. The maximum Gasteiger partial charge on any atom is 0.251 e. The molecule has 1 aliphatic carbocycles. The molecule has 2 aromatic heterocycles. The van der Waals surface area contributed by atoms with Crippen molar-refractivity contribution >= 4 is 10.9 Å². The van der Waals surface area contributed by atoms with E-state index in [9.17, 15) is 4.79 Å². The lowest BCUT2D eigenvalue weighted by Crippen LogP contribution is -2.21. The van der Waals surface area contributed by atoms with Crippen LogP contribution >= 0.6 is 0 Å². The third-order valence-corrected chi connectivity index (χ3v) is 4.03. The van der Waals surface area contributed by atoms with Crippen molar-refractivity contribution in [3.05, 3.63) is 57.9 Å². The number of aromatic amines is 1. The first-order valence-electron chi connectivity index (χ1n) is 7.23. The minimum absolute atomic E-state index is 0.00410. The first kappa shape index (κ1) is 12.3. The first-order chi connectivity index (χ1) is 10.2. The van der Waals surface area contributed by atoms with Crippen molar-refractivity contribution in [3.63, 3.8) is 0 Å². The van der Waals surface area contributed by atoms with Crippen LogP contribution in [-0.4, -0.2) is 19.7 Å². The van der Waals surface area contributed by atoms with E-state index in [1.165, 1.54) is 12.8 Å². The Labute approximate surface area is 121 Å². The van der Waals surface area contributed by atoms with Gasteiger partial charge in [0, 0.05) is 17.4 Å². The standard InChI is InChI=1S/C16H16N4O/c1-10-8-15(21)20(13-5-3-2-4-12(10)13)9-14-17-16(19-18-14)11-6-7-11/h2-5,8,11H,6-7,9H2,1H3,(H,17,18,19). The van der Waals surface area contributed by atoms with Crippen molar-refractivity contribution in [2.75, 3.05) is 0 Å². The summed E-state index contributed by atoms with van der Waals surface area (Å²) in [5, 5.41) is 8.31. The second-order valence-electron chi connectivity index (χ2n) is 5.68. The summed E-state index contributed by atoms with van der Waals surface area (Å²) in [6, 6.07) is 9.64. The van der Waals surface area contributed by atoms with Crippen molar-refractivity contribution < 1.29 is 0 Å². The van der Waals surface area contributed by atoms with Gasteiger partial charge in [-0.1, -0.05) is 18.2 Å². The Morgan fingerprint density at radius 3 is 2.95 bits per heavy atom. The van der Waals surface area contributed by atoms with E-state index in [2.05, 4.69) is 15.2 Å². The zero-order chi connectivity index (χ0) is 14.4. The van der Waals surface area contributed by atoms with E-state index in [-0.39, 0.29) is 5.56 Å². The Morgan fingerprint density at radius 1 is 1.33 bits per heavy atom. The van der Waals surface area contributed by atoms with Gasteiger partial charge in [-0.05, 0) is 31.4 Å². The second kappa shape index (κ2) is 4.55. The van der Waals surface area contributed by atoms with E-state index in [1.807, 2.05) is 31.2 Å². The molecule has 1 N–H and O–H groups in total. The number of hydrogen-bond acceptors (Lipinski definition) is 3. The number of rotatable bonds is 3. The molecule has 21 heavy (non-hydrogen) atoms. The fourth-order valence-electron chi connectivity index (χ4n) is 2.72. The molecule has 0 radical (unpaired) electrons. The summed E-state index contributed by atoms with van der Waals surface area (Å²) in [6.07, 6.45) is 2.34. The molecule has 3 aromatic rings. The van der Waals surface area contributed by atoms with Crippen LogP contribution in [-0.2, 0) is 6.54 Å². The molecule has 0 spiro atoms. The number of aryl methyl sites for hydroxylation is 1. The van der Waals surface area contributed by atoms with Gasteiger partial charge in [-0.2, -0.15) is 5.10 Å². The van der Waals surface area contributed by atoms with Crippen LogP contribution in [0.3, 0.4) is 0 Å². The highest BCUT2D eigenvalue weighted by Crippen LogP contribution is 2.37. The molecule has 0 atom stereocenters. The van der Waals surface area contributed by atoms with Gasteiger partial charge in [0.1, 0.15) is 5.82 Å². The number of H-pyrrole nitrogens is 1. The van der Waals surface area contributed by atoms with Crippen LogP contribution in [0.25, 0.3) is 10.9 Å². The van der Waals surface area contributed by atoms with Gasteiger partial charge in [0.05, 0.1) is 12.1 Å². The highest BCUT2D eigenvalue weighted by atomic mass is 16.1. The van der Waals surface area contributed by atoms with Crippen LogP contribution in [0.2, 0.25) is 0 Å². The molecule has 0 saturated heterocycles. The lowest BCUT2D eigenvalue weighted by molar-refractivity contribution is 0.744. The number of fused-ring (bicyclic) bond motifs is 1. The van der Waals surface area contributed by atoms with E-state index < -0.39 is 0 Å². The van der Waals surface area contributed by atoms with Gasteiger partial charge in [-0.25, -0.2) is 4.98 Å². The zero-order valence-electron chi connectivity index (χ0n) is 11.8. The lowest BCUT2D eigenvalue weighted by Gasteiger charge is -2.10. The average molecular weight is 280 g/mol. The van der Waals surface area contributed by atoms with Crippen LogP contribution in [0.1, 0.15) is 36.0 Å². The van der Waals surface area contributed by atoms with Gasteiger partial charge in [0.25, 0.3) is 5.56 Å². The van der Waals surface area contributed by atoms with E-state index in [0.29, 0.717) is 12.5 Å². The zero-order valence-corrected chi connectivity index (χ0v) is 11.8. The number of aromatic nitrogens is 4. The van der Waals surface area contributed by atoms with Gasteiger partial charge in [0.15, 0.2) is 5.82 Å². The van der Waals surface area contributed by atoms with Crippen LogP contribution in [0.15, 0.2) is 35.1 Å². The maximum absolute atomic E-state index is 12.3. The average Bonchev–Trinajstić information content (AvgIpc) is 3.23. The summed E-state index contributed by atoms with van der Waals surface area (Å²) < 4.78 is 1.75. The van der Waals surface area contributed by atoms with Gasteiger partial charge in [-0.3, -0.25) is 9.89 Å². The molecule has 1 fully saturated rings. The molecule has 0 aliphatic heterocycles. The third kappa shape index (κ3) is 2.14. The molecule has 1 aromatic carbocycles. The van der Waals surface area contributed by atoms with Crippen LogP contribution in [0, 0.1) is 6.92 Å². The van der Waals surface area contributed by atoms with Crippen molar-refractivity contribution in [3.8, 4) is 0 Å². The van der Waals surface area contributed by atoms with Crippen molar-refractivity contribution in [2.24, 2.45) is 0 Å². The fourth-order valence-corrected chi connectivity index (χ4v) is 2.72. The van der Waals surface area contributed by atoms with Crippen molar-refractivity contribution in [1.82, 2.24) is 19.7 Å². The van der Waals surface area contributed by atoms with Crippen LogP contribution in [0.5, 0.6) is 0 Å². The number of nitrogens with zero attached hydrogens (tertiary/aromatic N) is 3. The Balaban J connectivity index is 1.80. The van der Waals surface area contributed by atoms with Gasteiger partial charge < -0.3 is 4.57 Å². The largest absolute Gasteiger partial charge is 0.301 e. The minimum Gasteiger partial charge on any atom is -0.301 e. The van der Waals surface area contributed by atoms with Crippen LogP contribution in [0.4, 0.5) is 0 Å². The van der Waals surface area contributed by atoms with Gasteiger partial charge >= 0.3 is 0 Å². The van der Waals surface area contributed by atoms with E-state index in [1.54, 1.807) is 10.6 Å². The summed E-state index contributed by atoms with van der Waals surface area (Å²) in [7, 11) is 0. The van der Waals surface area contributed by atoms with E-state index >= 15 is 0 Å². The molecule has 1 saturated carbocycles. The smallest absolute Gasteiger partial charge is 0.251 e. The van der Waals surface area contributed by atoms with E-state index in [0.717, 1.165) is 28.1 Å². The number of benzene rings is 1. The topological polar surface area (TPSA) is 63.6 Å². The first-order valence-corrected chi connectivity index (χ1v) is 7.23. The monoisotopic (exact) mass is 280 g/mol. The summed E-state index contributed by atoms with van der Waals surface area (Å²) in [5.41, 5.74) is 1.94. The summed E-state index contributed by atoms with van der Waals surface area (Å²) in [4.78, 5) is 16.8. The maximum atomic E-state index is 12.3. The lowest BCUT2D eigenvalue weighted by atomic mass is 10.1. The Kier molecular flexibility index (Phi) is 2.67. The predicted molar refractivity (Wildman–Crippen MR) is 80.4 cm³/mol. The van der Waals surface area contributed by atoms with Gasteiger partial charge in [-0.15, -0.1) is 0 Å². The molecular formula is C16H16N4O. The molecule has 0 unspecified atom stereocenters. The number of para-hydroxylation sites is 1. The number of pyridine rings is 1.